The molecule has 0 bridgehead atoms. The van der Waals surface area contributed by atoms with Gasteiger partial charge in [0.1, 0.15) is 5.78 Å². The Balaban J connectivity index is 1.82. The first-order valence-corrected chi connectivity index (χ1v) is 6.52. The molecule has 1 aromatic carbocycles. The highest BCUT2D eigenvalue weighted by Gasteiger charge is 2.22. The Morgan fingerprint density at radius 2 is 2.06 bits per heavy atom. The molecule has 1 heterocycles. The third-order valence-corrected chi connectivity index (χ3v) is 3.64. The van der Waals surface area contributed by atoms with Gasteiger partial charge in [-0.1, -0.05) is 30.7 Å². The van der Waals surface area contributed by atoms with Crippen molar-refractivity contribution in [2.75, 3.05) is 19.6 Å². The van der Waals surface area contributed by atoms with Crippen molar-refractivity contribution in [3.8, 4) is 0 Å². The van der Waals surface area contributed by atoms with Gasteiger partial charge in [-0.3, -0.25) is 4.79 Å². The zero-order valence-corrected chi connectivity index (χ0v) is 10.9. The van der Waals surface area contributed by atoms with Crippen LogP contribution >= 0.6 is 11.6 Å². The molecule has 1 saturated heterocycles. The third kappa shape index (κ3) is 3.55. The van der Waals surface area contributed by atoms with Crippen LogP contribution in [0.25, 0.3) is 0 Å². The lowest BCUT2D eigenvalue weighted by Gasteiger charge is -2.29. The summed E-state index contributed by atoms with van der Waals surface area (Å²) in [6.45, 7) is 4.87. The Bertz CT molecular complexity index is 388. The van der Waals surface area contributed by atoms with Crippen LogP contribution < -0.4 is 0 Å². The maximum Gasteiger partial charge on any atom is 0.138 e. The summed E-state index contributed by atoms with van der Waals surface area (Å²) in [5.41, 5.74) is 1.30. The summed E-state index contributed by atoms with van der Waals surface area (Å²) in [5.74, 6) is 0.613. The Morgan fingerprint density at radius 1 is 1.35 bits per heavy atom. The number of piperidine rings is 1. The van der Waals surface area contributed by atoms with Crippen molar-refractivity contribution in [1.82, 2.24) is 4.90 Å². The van der Waals surface area contributed by atoms with E-state index in [1.54, 1.807) is 0 Å². The van der Waals surface area contributed by atoms with Gasteiger partial charge in [0.25, 0.3) is 0 Å². The molecule has 1 atom stereocenters. The Kier molecular flexibility index (Phi) is 4.19. The highest BCUT2D eigenvalue weighted by molar-refractivity contribution is 6.30. The monoisotopic (exact) mass is 251 g/mol. The molecule has 1 aliphatic rings. The van der Waals surface area contributed by atoms with Crippen LogP contribution in [0, 0.1) is 5.92 Å². The van der Waals surface area contributed by atoms with Crippen LogP contribution in [0.5, 0.6) is 0 Å². The predicted molar refractivity (Wildman–Crippen MR) is 70.4 cm³/mol. The molecular weight excluding hydrogens is 234 g/mol. The molecule has 17 heavy (non-hydrogen) atoms. The van der Waals surface area contributed by atoms with Crippen molar-refractivity contribution in [2.24, 2.45) is 5.92 Å². The number of halogens is 1. The summed E-state index contributed by atoms with van der Waals surface area (Å²) in [6, 6.07) is 8.00. The number of hydrogen-bond donors (Lipinski definition) is 0. The molecule has 1 unspecified atom stereocenters. The van der Waals surface area contributed by atoms with Gasteiger partial charge < -0.3 is 4.90 Å². The number of Topliss-reactive ketones (excluding diaryl/α,β-unsaturated/α-hetero) is 1. The summed E-state index contributed by atoms with van der Waals surface area (Å²) in [4.78, 5) is 13.8. The van der Waals surface area contributed by atoms with Crippen LogP contribution in [-0.4, -0.2) is 30.3 Å². The summed E-state index contributed by atoms with van der Waals surface area (Å²) in [7, 11) is 0. The van der Waals surface area contributed by atoms with E-state index < -0.39 is 0 Å². The second-order valence-electron chi connectivity index (χ2n) is 4.79. The largest absolute Gasteiger partial charge is 0.302 e. The molecule has 2 rings (SSSR count). The lowest BCUT2D eigenvalue weighted by molar-refractivity contribution is -0.125. The quantitative estimate of drug-likeness (QED) is 0.824. The minimum atomic E-state index is 0.203. The van der Waals surface area contributed by atoms with Crippen molar-refractivity contribution in [1.29, 1.82) is 0 Å². The van der Waals surface area contributed by atoms with Gasteiger partial charge in [-0.2, -0.15) is 0 Å². The molecule has 0 aromatic heterocycles. The van der Waals surface area contributed by atoms with E-state index in [4.69, 9.17) is 11.6 Å². The fraction of sp³-hybridized carbons (Fsp3) is 0.500. The van der Waals surface area contributed by atoms with Crippen molar-refractivity contribution in [2.45, 2.75) is 19.8 Å². The second kappa shape index (κ2) is 5.65. The molecule has 1 fully saturated rings. The number of carbonyl (C=O) groups excluding carboxylic acids is 1. The van der Waals surface area contributed by atoms with Gasteiger partial charge in [-0.25, -0.2) is 0 Å². The van der Waals surface area contributed by atoms with Gasteiger partial charge in [0.05, 0.1) is 0 Å². The first-order valence-electron chi connectivity index (χ1n) is 6.14. The molecule has 2 nitrogen and oxygen atoms in total. The van der Waals surface area contributed by atoms with E-state index in [1.165, 1.54) is 5.56 Å². The van der Waals surface area contributed by atoms with Crippen molar-refractivity contribution in [3.63, 3.8) is 0 Å². The average Bonchev–Trinajstić information content (AvgIpc) is 2.33. The van der Waals surface area contributed by atoms with Crippen LogP contribution in [0.1, 0.15) is 18.9 Å². The Hall–Kier alpha value is -0.860. The van der Waals surface area contributed by atoms with E-state index in [0.717, 1.165) is 31.1 Å². The van der Waals surface area contributed by atoms with Gasteiger partial charge >= 0.3 is 0 Å². The maximum absolute atomic E-state index is 11.4. The van der Waals surface area contributed by atoms with Crippen LogP contribution in [0.4, 0.5) is 0 Å². The highest BCUT2D eigenvalue weighted by atomic mass is 35.5. The zero-order chi connectivity index (χ0) is 12.3. The van der Waals surface area contributed by atoms with Gasteiger partial charge in [-0.15, -0.1) is 0 Å². The molecule has 1 aromatic rings. The minimum Gasteiger partial charge on any atom is -0.302 e. The average molecular weight is 252 g/mol. The summed E-state index contributed by atoms with van der Waals surface area (Å²) < 4.78 is 0. The molecule has 0 spiro atoms. The number of likely N-dealkylation sites (tertiary alicyclic amines) is 1. The van der Waals surface area contributed by atoms with Gasteiger partial charge in [0, 0.05) is 37.0 Å². The molecule has 0 aliphatic carbocycles. The van der Waals surface area contributed by atoms with E-state index in [0.29, 0.717) is 12.2 Å². The number of carbonyl (C=O) groups is 1. The molecule has 0 amide bonds. The fourth-order valence-corrected chi connectivity index (χ4v) is 2.36. The smallest absolute Gasteiger partial charge is 0.138 e. The normalized spacial score (nSPS) is 21.8. The molecule has 92 valence electrons. The lowest BCUT2D eigenvalue weighted by Crippen LogP contribution is -2.40. The standard InChI is InChI=1S/C14H18ClNO/c1-11-10-16(9-7-14(11)17)8-6-12-2-4-13(15)5-3-12/h2-5,11H,6-10H2,1H3. The zero-order valence-electron chi connectivity index (χ0n) is 10.2. The van der Waals surface area contributed by atoms with E-state index in [1.807, 2.05) is 19.1 Å². The van der Waals surface area contributed by atoms with Crippen molar-refractivity contribution in [3.05, 3.63) is 34.9 Å². The third-order valence-electron chi connectivity index (χ3n) is 3.39. The van der Waals surface area contributed by atoms with Crippen LogP contribution in [-0.2, 0) is 11.2 Å². The van der Waals surface area contributed by atoms with Crippen molar-refractivity contribution >= 4 is 17.4 Å². The van der Waals surface area contributed by atoms with Crippen LogP contribution in [0.3, 0.4) is 0 Å². The predicted octanol–water partition coefficient (Wildman–Crippen LogP) is 2.79. The maximum atomic E-state index is 11.4. The van der Waals surface area contributed by atoms with Gasteiger partial charge in [0.15, 0.2) is 0 Å². The number of hydrogen-bond acceptors (Lipinski definition) is 2. The van der Waals surface area contributed by atoms with Crippen molar-refractivity contribution < 1.29 is 4.79 Å². The molecule has 0 saturated carbocycles. The second-order valence-corrected chi connectivity index (χ2v) is 5.23. The summed E-state index contributed by atoms with van der Waals surface area (Å²) in [5, 5.41) is 0.783. The molecule has 0 radical (unpaired) electrons. The fourth-order valence-electron chi connectivity index (χ4n) is 2.24. The first-order chi connectivity index (χ1) is 8.15. The van der Waals surface area contributed by atoms with E-state index >= 15 is 0 Å². The SMILES string of the molecule is CC1CN(CCc2ccc(Cl)cc2)CCC1=O. The van der Waals surface area contributed by atoms with Crippen LogP contribution in [0.2, 0.25) is 5.02 Å². The number of nitrogens with zero attached hydrogens (tertiary/aromatic N) is 1. The van der Waals surface area contributed by atoms with Gasteiger partial charge in [0.2, 0.25) is 0 Å². The first kappa shape index (κ1) is 12.6. The van der Waals surface area contributed by atoms with Gasteiger partial charge in [-0.05, 0) is 24.1 Å². The van der Waals surface area contributed by atoms with E-state index in [2.05, 4.69) is 17.0 Å². The summed E-state index contributed by atoms with van der Waals surface area (Å²) >= 11 is 5.85. The van der Waals surface area contributed by atoms with Crippen LogP contribution in [0.15, 0.2) is 24.3 Å². The molecule has 0 N–H and O–H groups in total. The van der Waals surface area contributed by atoms with E-state index in [9.17, 15) is 4.79 Å². The molecule has 1 aliphatic heterocycles. The Labute approximate surface area is 108 Å². The lowest BCUT2D eigenvalue weighted by atomic mass is 9.98. The molecule has 3 heteroatoms. The number of ketones is 1. The highest BCUT2D eigenvalue weighted by Crippen LogP contribution is 2.14. The van der Waals surface area contributed by atoms with E-state index in [-0.39, 0.29) is 5.92 Å². The minimum absolute atomic E-state index is 0.203. The summed E-state index contributed by atoms with van der Waals surface area (Å²) in [6.07, 6.45) is 1.74. The topological polar surface area (TPSA) is 20.3 Å². The number of rotatable bonds is 3. The molecular formula is C14H18ClNO. The Morgan fingerprint density at radius 3 is 2.71 bits per heavy atom. The number of benzene rings is 1.